The minimum absolute atomic E-state index is 0.136. The van der Waals surface area contributed by atoms with Crippen molar-refractivity contribution in [3.63, 3.8) is 0 Å². The van der Waals surface area contributed by atoms with Gasteiger partial charge < -0.3 is 9.80 Å². The highest BCUT2D eigenvalue weighted by Crippen LogP contribution is 2.62. The van der Waals surface area contributed by atoms with Gasteiger partial charge in [0.05, 0.1) is 11.7 Å². The molecule has 7 heteroatoms. The molecule has 1 spiro atoms. The van der Waals surface area contributed by atoms with Crippen LogP contribution in [0.3, 0.4) is 0 Å². The zero-order valence-corrected chi connectivity index (χ0v) is 16.2. The number of carbonyl (C=O) groups excluding carboxylic acids is 1. The molecular formula is C17H31N3O3S. The van der Waals surface area contributed by atoms with Gasteiger partial charge in [-0.3, -0.25) is 4.79 Å². The van der Waals surface area contributed by atoms with Gasteiger partial charge in [0.25, 0.3) is 0 Å². The molecule has 2 heterocycles. The average molecular weight is 358 g/mol. The van der Waals surface area contributed by atoms with E-state index in [0.29, 0.717) is 19.0 Å². The van der Waals surface area contributed by atoms with Gasteiger partial charge in [0, 0.05) is 40.3 Å². The summed E-state index contributed by atoms with van der Waals surface area (Å²) in [6, 6.07) is 0. The standard InChI is InChI=1S/C17H31N3O3S/c1-5-19-12-14-16(8-10-20(11-9-16)24(4,22)23)6-7-17(14,13-19)15(21)18(2)3/h14H,5-13H2,1-4H3/t14-,17+/m0/s1. The second-order valence-corrected chi connectivity index (χ2v) is 10.2. The zero-order valence-electron chi connectivity index (χ0n) is 15.4. The maximum absolute atomic E-state index is 13.1. The molecule has 0 aromatic rings. The zero-order chi connectivity index (χ0) is 17.8. The van der Waals surface area contributed by atoms with Crippen molar-refractivity contribution in [1.82, 2.24) is 14.1 Å². The van der Waals surface area contributed by atoms with E-state index in [-0.39, 0.29) is 16.7 Å². The highest BCUT2D eigenvalue weighted by Gasteiger charge is 2.64. The Balaban J connectivity index is 1.86. The van der Waals surface area contributed by atoms with Gasteiger partial charge in [-0.2, -0.15) is 0 Å². The lowest BCUT2D eigenvalue weighted by Gasteiger charge is -2.44. The van der Waals surface area contributed by atoms with Gasteiger partial charge in [0.1, 0.15) is 0 Å². The van der Waals surface area contributed by atoms with Crippen LogP contribution in [0.15, 0.2) is 0 Å². The topological polar surface area (TPSA) is 60.9 Å². The van der Waals surface area contributed by atoms with E-state index < -0.39 is 10.0 Å². The van der Waals surface area contributed by atoms with Gasteiger partial charge >= 0.3 is 0 Å². The van der Waals surface area contributed by atoms with E-state index in [1.807, 2.05) is 14.1 Å². The molecule has 0 radical (unpaired) electrons. The quantitative estimate of drug-likeness (QED) is 0.751. The van der Waals surface area contributed by atoms with Crippen molar-refractivity contribution in [2.45, 2.75) is 32.6 Å². The number of fused-ring (bicyclic) bond motifs is 2. The first-order chi connectivity index (χ1) is 11.1. The largest absolute Gasteiger partial charge is 0.348 e. The molecule has 2 atom stereocenters. The lowest BCUT2D eigenvalue weighted by atomic mass is 9.66. The summed E-state index contributed by atoms with van der Waals surface area (Å²) < 4.78 is 25.3. The fourth-order valence-electron chi connectivity index (χ4n) is 5.56. The molecule has 24 heavy (non-hydrogen) atoms. The van der Waals surface area contributed by atoms with Crippen molar-refractivity contribution in [3.8, 4) is 0 Å². The molecule has 0 unspecified atom stereocenters. The molecule has 0 aromatic heterocycles. The molecule has 1 aliphatic carbocycles. The van der Waals surface area contributed by atoms with Gasteiger partial charge in [-0.25, -0.2) is 12.7 Å². The first kappa shape index (κ1) is 18.1. The SMILES string of the molecule is CCN1C[C@H]2C3(CCN(S(C)(=O)=O)CC3)CC[C@@]2(C(=O)N(C)C)C1. The van der Waals surface area contributed by atoms with Gasteiger partial charge in [-0.1, -0.05) is 6.92 Å². The predicted octanol–water partition coefficient (Wildman–Crippen LogP) is 0.848. The first-order valence-electron chi connectivity index (χ1n) is 9.04. The Kier molecular flexibility index (Phi) is 4.50. The number of nitrogens with zero attached hydrogens (tertiary/aromatic N) is 3. The maximum Gasteiger partial charge on any atom is 0.229 e. The van der Waals surface area contributed by atoms with Crippen molar-refractivity contribution in [3.05, 3.63) is 0 Å². The van der Waals surface area contributed by atoms with Crippen LogP contribution in [-0.2, 0) is 14.8 Å². The van der Waals surface area contributed by atoms with Gasteiger partial charge in [-0.05, 0) is 43.6 Å². The van der Waals surface area contributed by atoms with Gasteiger partial charge in [-0.15, -0.1) is 0 Å². The molecule has 3 aliphatic rings. The average Bonchev–Trinajstić information content (AvgIpc) is 3.03. The van der Waals surface area contributed by atoms with E-state index in [0.717, 1.165) is 45.3 Å². The third kappa shape index (κ3) is 2.69. The number of hydrogen-bond donors (Lipinski definition) is 0. The normalized spacial score (nSPS) is 33.8. The molecule has 2 saturated heterocycles. The summed E-state index contributed by atoms with van der Waals surface area (Å²) in [5.41, 5.74) is -0.121. The summed E-state index contributed by atoms with van der Waals surface area (Å²) in [4.78, 5) is 17.2. The lowest BCUT2D eigenvalue weighted by Crippen LogP contribution is -2.49. The number of piperidine rings is 1. The van der Waals surface area contributed by atoms with E-state index in [9.17, 15) is 13.2 Å². The third-order valence-corrected chi connectivity index (χ3v) is 8.19. The van der Waals surface area contributed by atoms with Crippen molar-refractivity contribution < 1.29 is 13.2 Å². The first-order valence-corrected chi connectivity index (χ1v) is 10.9. The Labute approximate surface area is 146 Å². The van der Waals surface area contributed by atoms with Crippen LogP contribution in [0.25, 0.3) is 0 Å². The summed E-state index contributed by atoms with van der Waals surface area (Å²) in [5.74, 6) is 0.632. The predicted molar refractivity (Wildman–Crippen MR) is 94.0 cm³/mol. The van der Waals surface area contributed by atoms with Crippen LogP contribution in [0.5, 0.6) is 0 Å². The number of rotatable bonds is 3. The van der Waals surface area contributed by atoms with Crippen molar-refractivity contribution >= 4 is 15.9 Å². The molecule has 138 valence electrons. The highest BCUT2D eigenvalue weighted by molar-refractivity contribution is 7.88. The van der Waals surface area contributed by atoms with Crippen LogP contribution in [0.1, 0.15) is 32.6 Å². The molecule has 3 rings (SSSR count). The van der Waals surface area contributed by atoms with Crippen LogP contribution < -0.4 is 0 Å². The minimum Gasteiger partial charge on any atom is -0.348 e. The van der Waals surface area contributed by atoms with E-state index in [4.69, 9.17) is 0 Å². The van der Waals surface area contributed by atoms with Crippen LogP contribution in [-0.4, -0.2) is 81.5 Å². The number of amides is 1. The number of likely N-dealkylation sites (tertiary alicyclic amines) is 1. The molecule has 0 N–H and O–H groups in total. The van der Waals surface area contributed by atoms with Gasteiger partial charge in [0.2, 0.25) is 15.9 Å². The fourth-order valence-corrected chi connectivity index (χ4v) is 6.40. The maximum atomic E-state index is 13.1. The Morgan fingerprint density at radius 2 is 1.79 bits per heavy atom. The number of sulfonamides is 1. The Hall–Kier alpha value is -0.660. The van der Waals surface area contributed by atoms with Crippen LogP contribution in [0.2, 0.25) is 0 Å². The minimum atomic E-state index is -3.11. The Morgan fingerprint density at radius 1 is 1.17 bits per heavy atom. The summed E-state index contributed by atoms with van der Waals surface area (Å²) in [6.45, 7) is 6.19. The van der Waals surface area contributed by atoms with E-state index in [2.05, 4.69) is 11.8 Å². The van der Waals surface area contributed by atoms with Crippen LogP contribution >= 0.6 is 0 Å². The van der Waals surface area contributed by atoms with Crippen molar-refractivity contribution in [1.29, 1.82) is 0 Å². The molecule has 3 fully saturated rings. The fraction of sp³-hybridized carbons (Fsp3) is 0.941. The smallest absolute Gasteiger partial charge is 0.229 e. The molecule has 6 nitrogen and oxygen atoms in total. The summed E-state index contributed by atoms with van der Waals surface area (Å²) in [7, 11) is 0.615. The molecular weight excluding hydrogens is 326 g/mol. The molecule has 0 aromatic carbocycles. The lowest BCUT2D eigenvalue weighted by molar-refractivity contribution is -0.141. The summed E-state index contributed by atoms with van der Waals surface area (Å²) in [6.07, 6.45) is 5.10. The Bertz CT molecular complexity index is 611. The van der Waals surface area contributed by atoms with Crippen molar-refractivity contribution in [2.24, 2.45) is 16.7 Å². The molecule has 0 bridgehead atoms. The summed E-state index contributed by atoms with van der Waals surface area (Å²) in [5, 5.41) is 0. The molecule has 2 aliphatic heterocycles. The summed E-state index contributed by atoms with van der Waals surface area (Å²) >= 11 is 0. The monoisotopic (exact) mass is 357 g/mol. The van der Waals surface area contributed by atoms with E-state index >= 15 is 0 Å². The number of hydrogen-bond acceptors (Lipinski definition) is 4. The second-order valence-electron chi connectivity index (χ2n) is 8.26. The van der Waals surface area contributed by atoms with E-state index in [1.165, 1.54) is 6.26 Å². The highest BCUT2D eigenvalue weighted by atomic mass is 32.2. The molecule has 1 amide bonds. The van der Waals surface area contributed by atoms with Crippen LogP contribution in [0, 0.1) is 16.7 Å². The van der Waals surface area contributed by atoms with Crippen molar-refractivity contribution in [2.75, 3.05) is 53.1 Å². The third-order valence-electron chi connectivity index (χ3n) is 6.89. The van der Waals surface area contributed by atoms with Gasteiger partial charge in [0.15, 0.2) is 0 Å². The number of carbonyl (C=O) groups is 1. The van der Waals surface area contributed by atoms with E-state index in [1.54, 1.807) is 9.21 Å². The molecule has 1 saturated carbocycles. The van der Waals surface area contributed by atoms with Crippen LogP contribution in [0.4, 0.5) is 0 Å². The second kappa shape index (κ2) is 5.95. The Morgan fingerprint density at radius 3 is 2.29 bits per heavy atom.